The molecule has 25 heavy (non-hydrogen) atoms. The molecule has 0 radical (unpaired) electrons. The van der Waals surface area contributed by atoms with Crippen LogP contribution in [0.25, 0.3) is 11.0 Å². The van der Waals surface area contributed by atoms with Gasteiger partial charge in [0.2, 0.25) is 5.91 Å². The van der Waals surface area contributed by atoms with Crippen molar-refractivity contribution in [3.8, 4) is 0 Å². The van der Waals surface area contributed by atoms with Crippen molar-refractivity contribution >= 4 is 29.3 Å². The average Bonchev–Trinajstić information content (AvgIpc) is 3.21. The number of carbonyl (C=O) groups excluding carboxylic acids is 1. The standard InChI is InChI=1S/C18H26N4O2.ClH/c1-3-11-21-15-6-4-5-7-16(15)22(18(21)24)12-9-17(23)20(2)14-8-10-19-13-14;/h4-7,14,19H,3,8-13H2,1-2H3;1H. The first-order chi connectivity index (χ1) is 11.6. The summed E-state index contributed by atoms with van der Waals surface area (Å²) in [6.07, 6.45) is 2.26. The summed E-state index contributed by atoms with van der Waals surface area (Å²) in [7, 11) is 1.86. The maximum Gasteiger partial charge on any atom is 0.329 e. The monoisotopic (exact) mass is 366 g/mol. The lowest BCUT2D eigenvalue weighted by atomic mass is 10.2. The highest BCUT2D eigenvalue weighted by molar-refractivity contribution is 5.85. The normalized spacial score (nSPS) is 16.8. The highest BCUT2D eigenvalue weighted by Gasteiger charge is 2.23. The molecule has 1 aliphatic heterocycles. The van der Waals surface area contributed by atoms with Crippen LogP contribution in [0.4, 0.5) is 0 Å². The zero-order valence-corrected chi connectivity index (χ0v) is 15.7. The van der Waals surface area contributed by atoms with Gasteiger partial charge in [0.15, 0.2) is 0 Å². The summed E-state index contributed by atoms with van der Waals surface area (Å²) in [5.41, 5.74) is 1.84. The van der Waals surface area contributed by atoms with E-state index in [1.165, 1.54) is 0 Å². The van der Waals surface area contributed by atoms with E-state index in [9.17, 15) is 9.59 Å². The van der Waals surface area contributed by atoms with Crippen LogP contribution in [-0.2, 0) is 17.9 Å². The van der Waals surface area contributed by atoms with Crippen LogP contribution in [0.15, 0.2) is 29.1 Å². The third-order valence-electron chi connectivity index (χ3n) is 4.90. The third kappa shape index (κ3) is 3.90. The molecule has 1 aliphatic rings. The summed E-state index contributed by atoms with van der Waals surface area (Å²) in [5.74, 6) is 0.0999. The van der Waals surface area contributed by atoms with Crippen molar-refractivity contribution < 1.29 is 4.79 Å². The quantitative estimate of drug-likeness (QED) is 0.848. The Bertz CT molecular complexity index is 777. The van der Waals surface area contributed by atoms with E-state index < -0.39 is 0 Å². The number of aryl methyl sites for hydroxylation is 2. The summed E-state index contributed by atoms with van der Waals surface area (Å²) in [6.45, 7) is 5.02. The molecule has 3 rings (SSSR count). The van der Waals surface area contributed by atoms with Gasteiger partial charge >= 0.3 is 5.69 Å². The molecule has 7 heteroatoms. The number of hydrogen-bond acceptors (Lipinski definition) is 3. The maximum atomic E-state index is 12.7. The van der Waals surface area contributed by atoms with Gasteiger partial charge in [0.25, 0.3) is 0 Å². The molecule has 1 aromatic carbocycles. The first-order valence-electron chi connectivity index (χ1n) is 8.78. The van der Waals surface area contributed by atoms with Crippen molar-refractivity contribution in [2.45, 2.75) is 45.3 Å². The van der Waals surface area contributed by atoms with Gasteiger partial charge in [-0.25, -0.2) is 4.79 Å². The number of rotatable bonds is 6. The number of aromatic nitrogens is 2. The fourth-order valence-electron chi connectivity index (χ4n) is 3.49. The molecule has 138 valence electrons. The lowest BCUT2D eigenvalue weighted by Crippen LogP contribution is -2.39. The van der Waals surface area contributed by atoms with Crippen LogP contribution < -0.4 is 11.0 Å². The number of nitrogens with one attached hydrogen (secondary N) is 1. The zero-order valence-electron chi connectivity index (χ0n) is 14.9. The third-order valence-corrected chi connectivity index (χ3v) is 4.90. The zero-order chi connectivity index (χ0) is 17.1. The molecule has 0 aliphatic carbocycles. The molecule has 2 aromatic rings. The molecule has 1 aromatic heterocycles. The Balaban J connectivity index is 0.00000225. The fraction of sp³-hybridized carbons (Fsp3) is 0.556. The van der Waals surface area contributed by atoms with Gasteiger partial charge in [-0.3, -0.25) is 13.9 Å². The minimum atomic E-state index is -0.0176. The number of halogens is 1. The Morgan fingerprint density at radius 2 is 1.88 bits per heavy atom. The predicted molar refractivity (Wildman–Crippen MR) is 102 cm³/mol. The molecule has 1 atom stereocenters. The molecule has 1 unspecified atom stereocenters. The van der Waals surface area contributed by atoms with Crippen LogP contribution in [-0.4, -0.2) is 46.1 Å². The van der Waals surface area contributed by atoms with Gasteiger partial charge in [-0.15, -0.1) is 12.4 Å². The number of hydrogen-bond donors (Lipinski definition) is 1. The molecule has 1 saturated heterocycles. The number of benzene rings is 1. The number of imidazole rings is 1. The molecule has 0 spiro atoms. The second-order valence-corrected chi connectivity index (χ2v) is 6.48. The van der Waals surface area contributed by atoms with Gasteiger partial charge < -0.3 is 10.2 Å². The van der Waals surface area contributed by atoms with Crippen molar-refractivity contribution in [2.24, 2.45) is 0 Å². The van der Waals surface area contributed by atoms with E-state index in [1.807, 2.05) is 40.8 Å². The predicted octanol–water partition coefficient (Wildman–Crippen LogP) is 1.85. The Hall–Kier alpha value is -1.79. The van der Waals surface area contributed by atoms with Gasteiger partial charge in [0.1, 0.15) is 0 Å². The average molecular weight is 367 g/mol. The molecular weight excluding hydrogens is 340 g/mol. The maximum absolute atomic E-state index is 12.7. The number of carbonyl (C=O) groups is 1. The van der Waals surface area contributed by atoms with Crippen LogP contribution in [0.2, 0.25) is 0 Å². The molecule has 0 saturated carbocycles. The van der Waals surface area contributed by atoms with E-state index in [-0.39, 0.29) is 30.0 Å². The van der Waals surface area contributed by atoms with Crippen LogP contribution in [0.5, 0.6) is 0 Å². The lowest BCUT2D eigenvalue weighted by molar-refractivity contribution is -0.131. The highest BCUT2D eigenvalue weighted by atomic mass is 35.5. The summed E-state index contributed by atoms with van der Waals surface area (Å²) >= 11 is 0. The number of nitrogens with zero attached hydrogens (tertiary/aromatic N) is 3. The van der Waals surface area contributed by atoms with Crippen molar-refractivity contribution in [3.05, 3.63) is 34.7 Å². The van der Waals surface area contributed by atoms with E-state index >= 15 is 0 Å². The van der Waals surface area contributed by atoms with E-state index in [0.717, 1.165) is 37.0 Å². The van der Waals surface area contributed by atoms with Gasteiger partial charge in [-0.1, -0.05) is 19.1 Å². The smallest absolute Gasteiger partial charge is 0.329 e. The molecule has 1 amide bonds. The molecule has 1 N–H and O–H groups in total. The van der Waals surface area contributed by atoms with Gasteiger partial charge in [-0.2, -0.15) is 0 Å². The minimum Gasteiger partial charge on any atom is -0.341 e. The Kier molecular flexibility index (Phi) is 6.67. The number of fused-ring (bicyclic) bond motifs is 1. The molecule has 0 bridgehead atoms. The summed E-state index contributed by atoms with van der Waals surface area (Å²) in [5, 5.41) is 3.28. The fourth-order valence-corrected chi connectivity index (χ4v) is 3.49. The second kappa shape index (κ2) is 8.54. The van der Waals surface area contributed by atoms with E-state index in [2.05, 4.69) is 12.2 Å². The number of para-hydroxylation sites is 2. The molecular formula is C18H27ClN4O2. The van der Waals surface area contributed by atoms with Crippen LogP contribution in [0.1, 0.15) is 26.2 Å². The first-order valence-corrected chi connectivity index (χ1v) is 8.78. The summed E-state index contributed by atoms with van der Waals surface area (Å²) in [4.78, 5) is 27.0. The SMILES string of the molecule is CCCn1c(=O)n(CCC(=O)N(C)C2CCNC2)c2ccccc21.Cl. The molecule has 6 nitrogen and oxygen atoms in total. The second-order valence-electron chi connectivity index (χ2n) is 6.48. The minimum absolute atomic E-state index is 0. The summed E-state index contributed by atoms with van der Waals surface area (Å²) in [6, 6.07) is 8.09. The molecule has 1 fully saturated rings. The topological polar surface area (TPSA) is 59.3 Å². The van der Waals surface area contributed by atoms with Crippen LogP contribution in [0, 0.1) is 0 Å². The Morgan fingerprint density at radius 1 is 1.24 bits per heavy atom. The van der Waals surface area contributed by atoms with Crippen LogP contribution >= 0.6 is 12.4 Å². The number of likely N-dealkylation sites (N-methyl/N-ethyl adjacent to an activating group) is 1. The van der Waals surface area contributed by atoms with Crippen molar-refractivity contribution in [1.82, 2.24) is 19.4 Å². The Labute approximate surface area is 154 Å². The van der Waals surface area contributed by atoms with Crippen molar-refractivity contribution in [2.75, 3.05) is 20.1 Å². The largest absolute Gasteiger partial charge is 0.341 e. The highest BCUT2D eigenvalue weighted by Crippen LogP contribution is 2.14. The first kappa shape index (κ1) is 19.5. The molecule has 2 heterocycles. The van der Waals surface area contributed by atoms with Crippen LogP contribution in [0.3, 0.4) is 0 Å². The van der Waals surface area contributed by atoms with Gasteiger partial charge in [0.05, 0.1) is 11.0 Å². The Morgan fingerprint density at radius 3 is 2.44 bits per heavy atom. The number of amides is 1. The van der Waals surface area contributed by atoms with Gasteiger partial charge in [-0.05, 0) is 31.5 Å². The van der Waals surface area contributed by atoms with Gasteiger partial charge in [0, 0.05) is 39.1 Å². The van der Waals surface area contributed by atoms with E-state index in [0.29, 0.717) is 19.5 Å². The van der Waals surface area contributed by atoms with E-state index in [1.54, 1.807) is 4.57 Å². The lowest BCUT2D eigenvalue weighted by Gasteiger charge is -2.23. The summed E-state index contributed by atoms with van der Waals surface area (Å²) < 4.78 is 3.55. The van der Waals surface area contributed by atoms with Crippen molar-refractivity contribution in [3.63, 3.8) is 0 Å². The van der Waals surface area contributed by atoms with E-state index in [4.69, 9.17) is 0 Å². The van der Waals surface area contributed by atoms with Crippen molar-refractivity contribution in [1.29, 1.82) is 0 Å².